The lowest BCUT2D eigenvalue weighted by Crippen LogP contribution is -2.36. The van der Waals surface area contributed by atoms with Crippen molar-refractivity contribution in [3.8, 4) is 0 Å². The molecule has 0 saturated carbocycles. The number of carbonyl (C=O) groups is 2. The maximum absolute atomic E-state index is 13.1. The SMILES string of the molecule is CCCN(Cc1cc(NC(=O)c2ccccc2Cl)ccc1N(C)C)C(=O)C(CC)CC. The smallest absolute Gasteiger partial charge is 0.257 e. The minimum Gasteiger partial charge on any atom is -0.377 e. The first-order chi connectivity index (χ1) is 14.8. The number of rotatable bonds is 10. The zero-order valence-electron chi connectivity index (χ0n) is 19.2. The molecule has 0 saturated heterocycles. The summed E-state index contributed by atoms with van der Waals surface area (Å²) in [5.41, 5.74) is 3.12. The molecular formula is C25H34ClN3O2. The fourth-order valence-corrected chi connectivity index (χ4v) is 3.93. The van der Waals surface area contributed by atoms with Gasteiger partial charge in [0.15, 0.2) is 0 Å². The van der Waals surface area contributed by atoms with Crippen molar-refractivity contribution in [2.24, 2.45) is 5.92 Å². The standard InChI is InChI=1S/C25H34ClN3O2/c1-6-15-29(25(31)18(7-2)8-3)17-19-16-20(13-14-23(19)28(4)5)27-24(30)21-11-9-10-12-22(21)26/h9-14,16,18H,6-8,15,17H2,1-5H3,(H,27,30). The Morgan fingerprint density at radius 2 is 1.71 bits per heavy atom. The van der Waals surface area contributed by atoms with Gasteiger partial charge in [0.1, 0.15) is 0 Å². The number of anilines is 2. The molecule has 6 heteroatoms. The fraction of sp³-hybridized carbons (Fsp3) is 0.440. The third-order valence-corrected chi connectivity index (χ3v) is 5.77. The largest absolute Gasteiger partial charge is 0.377 e. The van der Waals surface area contributed by atoms with E-state index in [1.807, 2.05) is 42.1 Å². The molecule has 0 atom stereocenters. The predicted molar refractivity (Wildman–Crippen MR) is 130 cm³/mol. The second-order valence-electron chi connectivity index (χ2n) is 7.95. The summed E-state index contributed by atoms with van der Waals surface area (Å²) in [5.74, 6) is -0.0211. The third kappa shape index (κ3) is 6.47. The third-order valence-electron chi connectivity index (χ3n) is 5.44. The number of nitrogens with one attached hydrogen (secondary N) is 1. The molecule has 0 heterocycles. The first kappa shape index (κ1) is 24.7. The first-order valence-corrected chi connectivity index (χ1v) is 11.3. The zero-order chi connectivity index (χ0) is 23.0. The Balaban J connectivity index is 2.33. The van der Waals surface area contributed by atoms with Gasteiger partial charge in [0.25, 0.3) is 5.91 Å². The maximum Gasteiger partial charge on any atom is 0.257 e. The highest BCUT2D eigenvalue weighted by Crippen LogP contribution is 2.27. The Bertz CT molecular complexity index is 894. The van der Waals surface area contributed by atoms with Crippen LogP contribution in [0.3, 0.4) is 0 Å². The molecule has 2 aromatic rings. The van der Waals surface area contributed by atoms with Gasteiger partial charge < -0.3 is 15.1 Å². The molecule has 168 valence electrons. The quantitative estimate of drug-likeness (QED) is 0.502. The molecule has 0 unspecified atom stereocenters. The molecule has 0 radical (unpaired) electrons. The van der Waals surface area contributed by atoms with E-state index in [0.29, 0.717) is 29.4 Å². The van der Waals surface area contributed by atoms with E-state index in [4.69, 9.17) is 11.6 Å². The van der Waals surface area contributed by atoms with Gasteiger partial charge in [-0.3, -0.25) is 9.59 Å². The molecule has 0 aliphatic heterocycles. The highest BCUT2D eigenvalue weighted by molar-refractivity contribution is 6.34. The summed E-state index contributed by atoms with van der Waals surface area (Å²) >= 11 is 6.17. The molecule has 0 fully saturated rings. The summed E-state index contributed by atoms with van der Waals surface area (Å²) in [5, 5.41) is 3.35. The predicted octanol–water partition coefficient (Wildman–Crippen LogP) is 5.83. The Morgan fingerprint density at radius 3 is 2.29 bits per heavy atom. The molecule has 1 N–H and O–H groups in total. The van der Waals surface area contributed by atoms with Gasteiger partial charge in [-0.2, -0.15) is 0 Å². The topological polar surface area (TPSA) is 52.7 Å². The molecule has 0 bridgehead atoms. The van der Waals surface area contributed by atoms with Crippen LogP contribution < -0.4 is 10.2 Å². The summed E-state index contributed by atoms with van der Waals surface area (Å²) in [4.78, 5) is 29.8. The summed E-state index contributed by atoms with van der Waals surface area (Å²) in [6.07, 6.45) is 2.57. The average Bonchev–Trinajstić information content (AvgIpc) is 2.74. The molecule has 2 aromatic carbocycles. The van der Waals surface area contributed by atoms with Crippen LogP contribution in [0.5, 0.6) is 0 Å². The van der Waals surface area contributed by atoms with Crippen molar-refractivity contribution in [3.05, 3.63) is 58.6 Å². The normalized spacial score (nSPS) is 10.8. The summed E-state index contributed by atoms with van der Waals surface area (Å²) in [6, 6.07) is 12.8. The Hall–Kier alpha value is -2.53. The second kappa shape index (κ2) is 11.8. The summed E-state index contributed by atoms with van der Waals surface area (Å²) < 4.78 is 0. The minimum atomic E-state index is -0.257. The highest BCUT2D eigenvalue weighted by Gasteiger charge is 2.22. The van der Waals surface area contributed by atoms with E-state index in [9.17, 15) is 9.59 Å². The van der Waals surface area contributed by atoms with E-state index < -0.39 is 0 Å². The molecule has 0 spiro atoms. The number of benzene rings is 2. The van der Waals surface area contributed by atoms with Gasteiger partial charge in [0.05, 0.1) is 10.6 Å². The molecule has 0 aliphatic carbocycles. The minimum absolute atomic E-state index is 0.0393. The lowest BCUT2D eigenvalue weighted by atomic mass is 10.0. The molecule has 0 aromatic heterocycles. The van der Waals surface area contributed by atoms with Crippen molar-refractivity contribution in [2.75, 3.05) is 30.9 Å². The molecular weight excluding hydrogens is 410 g/mol. The van der Waals surface area contributed by atoms with Crippen molar-refractivity contribution in [2.45, 2.75) is 46.6 Å². The number of carbonyl (C=O) groups excluding carboxylic acids is 2. The molecule has 2 amide bonds. The van der Waals surface area contributed by atoms with E-state index in [0.717, 1.165) is 30.5 Å². The number of hydrogen-bond donors (Lipinski definition) is 1. The van der Waals surface area contributed by atoms with E-state index in [-0.39, 0.29) is 17.7 Å². The van der Waals surface area contributed by atoms with Crippen LogP contribution in [-0.2, 0) is 11.3 Å². The Morgan fingerprint density at radius 1 is 1.03 bits per heavy atom. The Kier molecular flexibility index (Phi) is 9.38. The maximum atomic E-state index is 13.1. The van der Waals surface area contributed by atoms with Gasteiger partial charge in [-0.25, -0.2) is 0 Å². The first-order valence-electron chi connectivity index (χ1n) is 11.0. The van der Waals surface area contributed by atoms with E-state index >= 15 is 0 Å². The molecule has 0 aliphatic rings. The molecule has 2 rings (SSSR count). The van der Waals surface area contributed by atoms with Crippen LogP contribution in [0.2, 0.25) is 5.02 Å². The summed E-state index contributed by atoms with van der Waals surface area (Å²) in [7, 11) is 3.96. The lowest BCUT2D eigenvalue weighted by Gasteiger charge is -2.28. The fourth-order valence-electron chi connectivity index (χ4n) is 3.71. The van der Waals surface area contributed by atoms with Crippen LogP contribution in [0.1, 0.15) is 56.0 Å². The van der Waals surface area contributed by atoms with Crippen molar-refractivity contribution < 1.29 is 9.59 Å². The van der Waals surface area contributed by atoms with Crippen LogP contribution in [0, 0.1) is 5.92 Å². The van der Waals surface area contributed by atoms with Crippen molar-refractivity contribution in [1.82, 2.24) is 4.90 Å². The van der Waals surface area contributed by atoms with E-state index in [1.165, 1.54) is 0 Å². The number of hydrogen-bond acceptors (Lipinski definition) is 3. The van der Waals surface area contributed by atoms with Crippen LogP contribution in [0.15, 0.2) is 42.5 Å². The molecule has 5 nitrogen and oxygen atoms in total. The van der Waals surface area contributed by atoms with Gasteiger partial charge in [-0.05, 0) is 55.2 Å². The average molecular weight is 444 g/mol. The lowest BCUT2D eigenvalue weighted by molar-refractivity contribution is -0.136. The monoisotopic (exact) mass is 443 g/mol. The van der Waals surface area contributed by atoms with Gasteiger partial charge in [0, 0.05) is 44.5 Å². The van der Waals surface area contributed by atoms with Crippen LogP contribution in [0.4, 0.5) is 11.4 Å². The van der Waals surface area contributed by atoms with Gasteiger partial charge in [0.2, 0.25) is 5.91 Å². The highest BCUT2D eigenvalue weighted by atomic mass is 35.5. The zero-order valence-corrected chi connectivity index (χ0v) is 20.0. The van der Waals surface area contributed by atoms with Crippen LogP contribution >= 0.6 is 11.6 Å². The van der Waals surface area contributed by atoms with Crippen molar-refractivity contribution in [3.63, 3.8) is 0 Å². The Labute approximate surface area is 191 Å². The van der Waals surface area contributed by atoms with Gasteiger partial charge in [-0.1, -0.05) is 44.5 Å². The van der Waals surface area contributed by atoms with Crippen LogP contribution in [-0.4, -0.2) is 37.4 Å². The molecule has 31 heavy (non-hydrogen) atoms. The van der Waals surface area contributed by atoms with Gasteiger partial charge >= 0.3 is 0 Å². The number of amides is 2. The number of nitrogens with zero attached hydrogens (tertiary/aromatic N) is 2. The number of halogens is 1. The van der Waals surface area contributed by atoms with Crippen LogP contribution in [0.25, 0.3) is 0 Å². The summed E-state index contributed by atoms with van der Waals surface area (Å²) in [6.45, 7) is 7.42. The van der Waals surface area contributed by atoms with Crippen molar-refractivity contribution >= 4 is 34.8 Å². The van der Waals surface area contributed by atoms with E-state index in [2.05, 4.69) is 26.1 Å². The van der Waals surface area contributed by atoms with Gasteiger partial charge in [-0.15, -0.1) is 0 Å². The van der Waals surface area contributed by atoms with E-state index in [1.54, 1.807) is 24.3 Å². The van der Waals surface area contributed by atoms with Crippen molar-refractivity contribution in [1.29, 1.82) is 0 Å². The second-order valence-corrected chi connectivity index (χ2v) is 8.35.